The molecule has 4 aliphatic rings. The molecule has 216 valence electrons. The molecule has 0 spiro atoms. The number of alkyl halides is 1. The summed E-state index contributed by atoms with van der Waals surface area (Å²) in [5.41, 5.74) is 13.8. The number of carbonyl (C=O) groups excluding carboxylic acids is 1. The number of aliphatic hydroxyl groups is 2. The minimum Gasteiger partial charge on any atom is -0.508 e. The van der Waals surface area contributed by atoms with Gasteiger partial charge in [0.05, 0.1) is 12.2 Å². The quantitative estimate of drug-likeness (QED) is 0.0743. The molecule has 7 heteroatoms. The SMILES string of the molecule is C=C(NC(=O)C1=C=C=C(C(/C=C(\CC)NOCC2(C3=CC(O)=C(O)CC3)CC2)C(C)(C)I)C=C1)C1CCCCC1. The Hall–Kier alpha value is -2.44. The first-order chi connectivity index (χ1) is 19.0. The van der Waals surface area contributed by atoms with Gasteiger partial charge in [-0.05, 0) is 76.5 Å². The van der Waals surface area contributed by atoms with Crippen LogP contribution in [0, 0.1) is 17.3 Å². The molecule has 6 nitrogen and oxygen atoms in total. The summed E-state index contributed by atoms with van der Waals surface area (Å²) in [6.07, 6.45) is 17.5. The second-order valence-corrected chi connectivity index (χ2v) is 14.8. The lowest BCUT2D eigenvalue weighted by molar-refractivity contribution is -0.116. The third-order valence-corrected chi connectivity index (χ3v) is 9.21. The Labute approximate surface area is 252 Å². The minimum absolute atomic E-state index is 0.0192. The fraction of sp³-hybridized carbons (Fsp3) is 0.545. The Morgan fingerprint density at radius 3 is 2.52 bits per heavy atom. The van der Waals surface area contributed by atoms with Crippen LogP contribution in [0.2, 0.25) is 0 Å². The lowest BCUT2D eigenvalue weighted by atomic mass is 9.85. The topological polar surface area (TPSA) is 90.8 Å². The summed E-state index contributed by atoms with van der Waals surface area (Å²) < 4.78 is -0.125. The molecule has 1 amide bonds. The Morgan fingerprint density at radius 2 is 1.95 bits per heavy atom. The summed E-state index contributed by atoms with van der Waals surface area (Å²) in [6.45, 7) is 11.1. The number of hydrogen-bond donors (Lipinski definition) is 4. The second-order valence-electron chi connectivity index (χ2n) is 12.0. The number of halogens is 1. The van der Waals surface area contributed by atoms with E-state index in [1.165, 1.54) is 19.3 Å². The van der Waals surface area contributed by atoms with E-state index in [1.807, 2.05) is 12.2 Å². The molecule has 0 bridgehead atoms. The maximum absolute atomic E-state index is 12.9. The van der Waals surface area contributed by atoms with Crippen LogP contribution < -0.4 is 10.8 Å². The summed E-state index contributed by atoms with van der Waals surface area (Å²) >= 11 is 2.45. The fourth-order valence-corrected chi connectivity index (χ4v) is 6.17. The molecular formula is C33H43IN2O4. The number of amides is 1. The van der Waals surface area contributed by atoms with Gasteiger partial charge >= 0.3 is 0 Å². The lowest BCUT2D eigenvalue weighted by Crippen LogP contribution is -2.29. The Morgan fingerprint density at radius 1 is 1.23 bits per heavy atom. The van der Waals surface area contributed by atoms with Crippen molar-refractivity contribution < 1.29 is 19.8 Å². The predicted octanol–water partition coefficient (Wildman–Crippen LogP) is 7.85. The number of hydroxylamine groups is 1. The largest absolute Gasteiger partial charge is 0.508 e. The molecule has 4 N–H and O–H groups in total. The first-order valence-corrected chi connectivity index (χ1v) is 15.6. The Bertz CT molecular complexity index is 1240. The zero-order valence-corrected chi connectivity index (χ0v) is 26.2. The van der Waals surface area contributed by atoms with Gasteiger partial charge in [0, 0.05) is 38.1 Å². The van der Waals surface area contributed by atoms with Gasteiger partial charge in [0.2, 0.25) is 0 Å². The van der Waals surface area contributed by atoms with Crippen LogP contribution in [0.5, 0.6) is 0 Å². The van der Waals surface area contributed by atoms with Gasteiger partial charge < -0.3 is 15.5 Å². The van der Waals surface area contributed by atoms with Crippen molar-refractivity contribution in [1.29, 1.82) is 0 Å². The zero-order chi connectivity index (χ0) is 28.9. The highest BCUT2D eigenvalue weighted by molar-refractivity contribution is 14.1. The first kappa shape index (κ1) is 30.5. The standard InChI is InChI=1S/C33H43IN2O4/c1-5-27(36-40-21-33(17-18-33)26-15-16-29(37)30(38)19-26)20-28(32(3,4)34)24-11-13-25(14-12-24)31(39)35-22(2)23-9-7-6-8-10-23/h11,13,19-20,23,28,36-38H,2,5-10,15-18,21H2,1,3-4H3,(H,35,39)/b27-20+. The number of carbonyl (C=O) groups is 1. The molecule has 0 aromatic carbocycles. The van der Waals surface area contributed by atoms with Crippen molar-refractivity contribution in [2.45, 2.75) is 88.4 Å². The van der Waals surface area contributed by atoms with Crippen molar-refractivity contribution in [1.82, 2.24) is 10.8 Å². The van der Waals surface area contributed by atoms with Crippen LogP contribution >= 0.6 is 22.6 Å². The molecule has 0 aromatic heterocycles. The van der Waals surface area contributed by atoms with Gasteiger partial charge in [-0.15, -0.1) is 0 Å². The van der Waals surface area contributed by atoms with E-state index in [-0.39, 0.29) is 32.2 Å². The average molecular weight is 659 g/mol. The molecule has 2 saturated carbocycles. The molecule has 4 aliphatic carbocycles. The van der Waals surface area contributed by atoms with Crippen LogP contribution in [0.3, 0.4) is 0 Å². The highest BCUT2D eigenvalue weighted by Crippen LogP contribution is 2.54. The van der Waals surface area contributed by atoms with E-state index >= 15 is 0 Å². The monoisotopic (exact) mass is 658 g/mol. The molecule has 0 aliphatic heterocycles. The highest BCUT2D eigenvalue weighted by Gasteiger charge is 2.47. The molecule has 0 aromatic rings. The number of nitrogens with one attached hydrogen (secondary N) is 2. The summed E-state index contributed by atoms with van der Waals surface area (Å²) in [7, 11) is 0. The number of hydrogen-bond acceptors (Lipinski definition) is 5. The number of aliphatic hydroxyl groups excluding tert-OH is 2. The summed E-state index contributed by atoms with van der Waals surface area (Å²) in [5.74, 6) is 0.252. The molecule has 0 radical (unpaired) electrons. The molecule has 40 heavy (non-hydrogen) atoms. The van der Waals surface area contributed by atoms with Crippen molar-refractivity contribution >= 4 is 28.5 Å². The van der Waals surface area contributed by atoms with Crippen molar-refractivity contribution in [2.24, 2.45) is 17.3 Å². The van der Waals surface area contributed by atoms with Gasteiger partial charge in [-0.3, -0.25) is 15.1 Å². The molecular weight excluding hydrogens is 615 g/mol. The summed E-state index contributed by atoms with van der Waals surface area (Å²) in [5, 5.41) is 22.7. The molecule has 2 fully saturated rings. The van der Waals surface area contributed by atoms with Gasteiger partial charge in [-0.2, -0.15) is 0 Å². The third-order valence-electron chi connectivity index (χ3n) is 8.54. The van der Waals surface area contributed by atoms with Crippen LogP contribution in [0.4, 0.5) is 0 Å². The zero-order valence-electron chi connectivity index (χ0n) is 24.0. The van der Waals surface area contributed by atoms with Crippen LogP contribution in [0.25, 0.3) is 0 Å². The van der Waals surface area contributed by atoms with Crippen molar-refractivity contribution in [3.8, 4) is 0 Å². The van der Waals surface area contributed by atoms with Crippen LogP contribution in [0.1, 0.15) is 85.0 Å². The van der Waals surface area contributed by atoms with Crippen molar-refractivity contribution in [2.75, 3.05) is 6.61 Å². The van der Waals surface area contributed by atoms with E-state index < -0.39 is 0 Å². The highest BCUT2D eigenvalue weighted by atomic mass is 127. The Kier molecular flexibility index (Phi) is 9.94. The summed E-state index contributed by atoms with van der Waals surface area (Å²) in [6, 6.07) is 0. The maximum Gasteiger partial charge on any atom is 0.263 e. The number of rotatable bonds is 12. The van der Waals surface area contributed by atoms with Crippen molar-refractivity contribution in [3.63, 3.8) is 0 Å². The third kappa shape index (κ3) is 7.64. The van der Waals surface area contributed by atoms with E-state index in [9.17, 15) is 15.0 Å². The summed E-state index contributed by atoms with van der Waals surface area (Å²) in [4.78, 5) is 18.9. The van der Waals surface area contributed by atoms with E-state index in [2.05, 4.69) is 78.3 Å². The van der Waals surface area contributed by atoms with E-state index in [4.69, 9.17) is 4.84 Å². The lowest BCUT2D eigenvalue weighted by Gasteiger charge is -2.28. The van der Waals surface area contributed by atoms with E-state index in [1.54, 1.807) is 6.08 Å². The van der Waals surface area contributed by atoms with Gasteiger partial charge in [-0.25, -0.2) is 0 Å². The van der Waals surface area contributed by atoms with Gasteiger partial charge in [0.15, 0.2) is 5.76 Å². The van der Waals surface area contributed by atoms with Gasteiger partial charge in [0.25, 0.3) is 5.91 Å². The molecule has 0 heterocycles. The molecule has 0 saturated heterocycles. The molecule has 1 atom stereocenters. The van der Waals surface area contributed by atoms with Crippen molar-refractivity contribution in [3.05, 3.63) is 82.0 Å². The minimum atomic E-state index is -0.176. The maximum atomic E-state index is 12.9. The normalized spacial score (nSPS) is 21.8. The second kappa shape index (κ2) is 13.0. The average Bonchev–Trinajstić information content (AvgIpc) is 3.73. The number of allylic oxidation sites excluding steroid dienone is 7. The van der Waals surface area contributed by atoms with E-state index in [0.717, 1.165) is 61.1 Å². The van der Waals surface area contributed by atoms with Gasteiger partial charge in [0.1, 0.15) is 5.76 Å². The molecule has 1 unspecified atom stereocenters. The van der Waals surface area contributed by atoms with E-state index in [0.29, 0.717) is 24.5 Å². The molecule has 4 rings (SSSR count). The fourth-order valence-electron chi connectivity index (χ4n) is 5.65. The van der Waals surface area contributed by atoms with Crippen LogP contribution in [-0.2, 0) is 9.63 Å². The Balaban J connectivity index is 1.43. The smallest absolute Gasteiger partial charge is 0.263 e. The van der Waals surface area contributed by atoms with Gasteiger partial charge in [-0.1, -0.05) is 78.5 Å². The van der Waals surface area contributed by atoms with Crippen LogP contribution in [-0.4, -0.2) is 26.1 Å². The first-order valence-electron chi connectivity index (χ1n) is 14.6. The van der Waals surface area contributed by atoms with Crippen LogP contribution in [0.15, 0.2) is 82.0 Å². The predicted molar refractivity (Wildman–Crippen MR) is 167 cm³/mol.